The van der Waals surface area contributed by atoms with Crippen molar-refractivity contribution in [2.45, 2.75) is 30.8 Å². The van der Waals surface area contributed by atoms with Gasteiger partial charge >= 0.3 is 0 Å². The predicted octanol–water partition coefficient (Wildman–Crippen LogP) is 4.97. The van der Waals surface area contributed by atoms with Gasteiger partial charge in [0.25, 0.3) is 11.2 Å². The number of para-hydroxylation sites is 1. The molecule has 11 heteroatoms. The van der Waals surface area contributed by atoms with Crippen LogP contribution in [0.5, 0.6) is 5.75 Å². The standard InChI is InChI=1S/C25H22N4O5S2/c1-34-16-11-12-18(19(13-16)29(32)33)26-21(30)14-35-25-27-23-22(17-9-5-6-10-20(17)36-23)24(31)28(25)15-7-3-2-4-8-15/h2-4,7-8,11-13H,5-6,9-10,14H2,1H3,(H,26,30). The van der Waals surface area contributed by atoms with Crippen molar-refractivity contribution >= 4 is 50.6 Å². The number of ether oxygens (including phenoxy) is 1. The molecule has 1 N–H and O–H groups in total. The van der Waals surface area contributed by atoms with Crippen LogP contribution in [0.15, 0.2) is 58.5 Å². The Balaban J connectivity index is 1.47. The quantitative estimate of drug-likeness (QED) is 0.158. The van der Waals surface area contributed by atoms with E-state index in [-0.39, 0.29) is 22.7 Å². The average molecular weight is 523 g/mol. The van der Waals surface area contributed by atoms with Crippen molar-refractivity contribution in [1.29, 1.82) is 0 Å². The lowest BCUT2D eigenvalue weighted by molar-refractivity contribution is -0.384. The molecule has 2 aromatic heterocycles. The predicted molar refractivity (Wildman–Crippen MR) is 141 cm³/mol. The van der Waals surface area contributed by atoms with Crippen LogP contribution in [0.2, 0.25) is 0 Å². The number of nitro groups is 1. The number of fused-ring (bicyclic) bond motifs is 3. The molecule has 0 saturated carbocycles. The number of nitrogens with zero attached hydrogens (tertiary/aromatic N) is 3. The average Bonchev–Trinajstić information content (AvgIpc) is 3.27. The lowest BCUT2D eigenvalue weighted by atomic mass is 9.97. The van der Waals surface area contributed by atoms with E-state index in [1.165, 1.54) is 30.2 Å². The molecule has 1 amide bonds. The Kier molecular flexibility index (Phi) is 6.75. The number of carbonyl (C=O) groups is 1. The maximum atomic E-state index is 13.7. The number of rotatable bonds is 7. The fraction of sp³-hybridized carbons (Fsp3) is 0.240. The third-order valence-electron chi connectivity index (χ3n) is 5.98. The fourth-order valence-electron chi connectivity index (χ4n) is 4.30. The van der Waals surface area contributed by atoms with Gasteiger partial charge in [0.05, 0.1) is 34.9 Å². The lowest BCUT2D eigenvalue weighted by Gasteiger charge is -2.13. The van der Waals surface area contributed by atoms with Crippen LogP contribution in [0.3, 0.4) is 0 Å². The highest BCUT2D eigenvalue weighted by Crippen LogP contribution is 2.35. The van der Waals surface area contributed by atoms with E-state index >= 15 is 0 Å². The van der Waals surface area contributed by atoms with Crippen molar-refractivity contribution in [3.8, 4) is 11.4 Å². The summed E-state index contributed by atoms with van der Waals surface area (Å²) < 4.78 is 6.59. The van der Waals surface area contributed by atoms with Crippen molar-refractivity contribution in [3.05, 3.63) is 79.4 Å². The number of benzene rings is 2. The number of thioether (sulfide) groups is 1. The van der Waals surface area contributed by atoms with Gasteiger partial charge in [0.1, 0.15) is 16.3 Å². The molecule has 0 aliphatic heterocycles. The number of methoxy groups -OCH3 is 1. The molecule has 1 aliphatic carbocycles. The van der Waals surface area contributed by atoms with E-state index in [1.54, 1.807) is 15.9 Å². The first-order valence-corrected chi connectivity index (χ1v) is 13.1. The Morgan fingerprint density at radius 3 is 2.75 bits per heavy atom. The van der Waals surface area contributed by atoms with E-state index in [9.17, 15) is 19.7 Å². The van der Waals surface area contributed by atoms with Gasteiger partial charge in [0.15, 0.2) is 5.16 Å². The molecule has 184 valence electrons. The van der Waals surface area contributed by atoms with Gasteiger partial charge in [0, 0.05) is 4.88 Å². The minimum absolute atomic E-state index is 0.0705. The minimum Gasteiger partial charge on any atom is -0.496 e. The van der Waals surface area contributed by atoms with Crippen molar-refractivity contribution in [3.63, 3.8) is 0 Å². The highest BCUT2D eigenvalue weighted by Gasteiger charge is 2.24. The molecule has 0 bridgehead atoms. The molecule has 0 atom stereocenters. The summed E-state index contributed by atoms with van der Waals surface area (Å²) in [6, 6.07) is 13.4. The lowest BCUT2D eigenvalue weighted by Crippen LogP contribution is -2.23. The van der Waals surface area contributed by atoms with Gasteiger partial charge in [-0.05, 0) is 55.5 Å². The molecule has 0 fully saturated rings. The normalized spacial score (nSPS) is 12.8. The van der Waals surface area contributed by atoms with Gasteiger partial charge in [-0.15, -0.1) is 11.3 Å². The number of hydrogen-bond donors (Lipinski definition) is 1. The molecule has 1 aliphatic rings. The van der Waals surface area contributed by atoms with Crippen LogP contribution in [0.1, 0.15) is 23.3 Å². The molecule has 4 aromatic rings. The van der Waals surface area contributed by atoms with Crippen molar-refractivity contribution < 1.29 is 14.5 Å². The number of carbonyl (C=O) groups excluding carboxylic acids is 1. The zero-order valence-electron chi connectivity index (χ0n) is 19.4. The van der Waals surface area contributed by atoms with Crippen LogP contribution >= 0.6 is 23.1 Å². The van der Waals surface area contributed by atoms with Crippen LogP contribution in [0, 0.1) is 10.1 Å². The second kappa shape index (κ2) is 10.1. The monoisotopic (exact) mass is 522 g/mol. The third-order valence-corrected chi connectivity index (χ3v) is 8.10. The summed E-state index contributed by atoms with van der Waals surface area (Å²) in [6.45, 7) is 0. The van der Waals surface area contributed by atoms with Gasteiger partial charge in [-0.2, -0.15) is 0 Å². The summed E-state index contributed by atoms with van der Waals surface area (Å²) in [5, 5.41) is 15.1. The number of aromatic nitrogens is 2. The van der Waals surface area contributed by atoms with Crippen LogP contribution in [-0.2, 0) is 17.6 Å². The fourth-order valence-corrected chi connectivity index (χ4v) is 6.41. The van der Waals surface area contributed by atoms with Gasteiger partial charge in [-0.1, -0.05) is 30.0 Å². The zero-order valence-corrected chi connectivity index (χ0v) is 21.0. The summed E-state index contributed by atoms with van der Waals surface area (Å²) >= 11 is 2.67. The maximum absolute atomic E-state index is 13.7. The Hall–Kier alpha value is -3.70. The van der Waals surface area contributed by atoms with Gasteiger partial charge in [-0.25, -0.2) is 4.98 Å². The molecule has 9 nitrogen and oxygen atoms in total. The van der Waals surface area contributed by atoms with Crippen molar-refractivity contribution in [1.82, 2.24) is 9.55 Å². The molecule has 36 heavy (non-hydrogen) atoms. The van der Waals surface area contributed by atoms with Crippen LogP contribution < -0.4 is 15.6 Å². The number of nitrogens with one attached hydrogen (secondary N) is 1. The van der Waals surface area contributed by atoms with Gasteiger partial charge in [0.2, 0.25) is 5.91 Å². The van der Waals surface area contributed by atoms with E-state index in [0.29, 0.717) is 26.8 Å². The number of nitro benzene ring substituents is 1. The van der Waals surface area contributed by atoms with E-state index < -0.39 is 10.8 Å². The largest absolute Gasteiger partial charge is 0.496 e. The summed E-state index contributed by atoms with van der Waals surface area (Å²) in [4.78, 5) is 44.1. The molecule has 2 aromatic carbocycles. The molecule has 0 saturated heterocycles. The molecule has 0 radical (unpaired) electrons. The maximum Gasteiger partial charge on any atom is 0.296 e. The Labute approximate surface area is 214 Å². The smallest absolute Gasteiger partial charge is 0.296 e. The number of amides is 1. The first-order chi connectivity index (χ1) is 17.5. The number of thiophene rings is 1. The topological polar surface area (TPSA) is 116 Å². The first-order valence-electron chi connectivity index (χ1n) is 11.3. The zero-order chi connectivity index (χ0) is 25.2. The second-order valence-corrected chi connectivity index (χ2v) is 10.3. The Morgan fingerprint density at radius 2 is 2.00 bits per heavy atom. The molecular weight excluding hydrogens is 500 g/mol. The van der Waals surface area contributed by atoms with Crippen molar-refractivity contribution in [2.75, 3.05) is 18.2 Å². The summed E-state index contributed by atoms with van der Waals surface area (Å²) in [5.41, 5.74) is 1.43. The summed E-state index contributed by atoms with van der Waals surface area (Å²) in [7, 11) is 1.41. The van der Waals surface area contributed by atoms with E-state index in [2.05, 4.69) is 5.32 Å². The van der Waals surface area contributed by atoms with Gasteiger partial charge < -0.3 is 10.1 Å². The summed E-state index contributed by atoms with van der Waals surface area (Å²) in [6.07, 6.45) is 3.98. The van der Waals surface area contributed by atoms with Crippen LogP contribution in [-0.4, -0.2) is 33.2 Å². The summed E-state index contributed by atoms with van der Waals surface area (Å²) in [5.74, 6) is -0.219. The highest BCUT2D eigenvalue weighted by molar-refractivity contribution is 7.99. The Morgan fingerprint density at radius 1 is 1.22 bits per heavy atom. The SMILES string of the molecule is COc1ccc(NC(=O)CSc2nc3sc4c(c3c(=O)n2-c2ccccc2)CCCC4)c([N+](=O)[O-])c1. The van der Waals surface area contributed by atoms with Crippen LogP contribution in [0.25, 0.3) is 15.9 Å². The van der Waals surface area contributed by atoms with E-state index in [1.807, 2.05) is 30.3 Å². The van der Waals surface area contributed by atoms with E-state index in [0.717, 1.165) is 43.0 Å². The molecule has 0 unspecified atom stereocenters. The first kappa shape index (κ1) is 24.0. The minimum atomic E-state index is -0.577. The molecule has 0 spiro atoms. The second-order valence-electron chi connectivity index (χ2n) is 8.24. The number of anilines is 1. The Bertz CT molecular complexity index is 1530. The number of aryl methyl sites for hydroxylation is 2. The van der Waals surface area contributed by atoms with E-state index in [4.69, 9.17) is 9.72 Å². The third kappa shape index (κ3) is 4.59. The molecule has 5 rings (SSSR count). The molecule has 2 heterocycles. The van der Waals surface area contributed by atoms with Gasteiger partial charge in [-0.3, -0.25) is 24.3 Å². The highest BCUT2D eigenvalue weighted by atomic mass is 32.2. The molecular formula is C25H22N4O5S2. The van der Waals surface area contributed by atoms with Crippen LogP contribution in [0.4, 0.5) is 11.4 Å². The number of hydrogen-bond acceptors (Lipinski definition) is 8. The van der Waals surface area contributed by atoms with Crippen molar-refractivity contribution in [2.24, 2.45) is 0 Å².